The number of benzene rings is 2. The van der Waals surface area contributed by atoms with E-state index in [4.69, 9.17) is 18.9 Å². The number of allylic oxidation sites excluding steroid dienone is 2. The maximum atomic E-state index is 12.4. The number of hydrogen-bond acceptors (Lipinski definition) is 8. The molecule has 0 N–H and O–H groups in total. The molecule has 8 heteroatoms. The highest BCUT2D eigenvalue weighted by Crippen LogP contribution is 2.32. The average molecular weight is 491 g/mol. The molecular formula is C28H26O8. The highest BCUT2D eigenvalue weighted by atomic mass is 16.6. The second-order valence-corrected chi connectivity index (χ2v) is 7.64. The summed E-state index contributed by atoms with van der Waals surface area (Å²) >= 11 is 0. The minimum Gasteiger partial charge on any atom is -0.423 e. The molecule has 2 rings (SSSR count). The zero-order valence-electron chi connectivity index (χ0n) is 20.5. The van der Waals surface area contributed by atoms with Crippen molar-refractivity contribution in [3.63, 3.8) is 0 Å². The van der Waals surface area contributed by atoms with Gasteiger partial charge in [0.05, 0.1) is 0 Å². The van der Waals surface area contributed by atoms with E-state index in [1.165, 1.54) is 68.5 Å². The fraction of sp³-hybridized carbons (Fsp3) is 0.143. The van der Waals surface area contributed by atoms with E-state index in [9.17, 15) is 19.2 Å². The Labute approximate surface area is 209 Å². The van der Waals surface area contributed by atoms with Crippen molar-refractivity contribution in [1.82, 2.24) is 0 Å². The summed E-state index contributed by atoms with van der Waals surface area (Å²) in [5, 5.41) is 0. The number of rotatable bonds is 9. The molecule has 0 radical (unpaired) electrons. The first-order valence-corrected chi connectivity index (χ1v) is 10.7. The molecule has 0 amide bonds. The predicted octanol–water partition coefficient (Wildman–Crippen LogP) is 5.14. The molecule has 0 atom stereocenters. The maximum Gasteiger partial charge on any atom is 0.338 e. The summed E-state index contributed by atoms with van der Waals surface area (Å²) in [7, 11) is 0. The number of hydrogen-bond donors (Lipinski definition) is 0. The number of carbonyl (C=O) groups is 4. The largest absolute Gasteiger partial charge is 0.423 e. The normalized spacial score (nSPS) is 10.9. The molecule has 0 spiro atoms. The Morgan fingerprint density at radius 2 is 1.25 bits per heavy atom. The second-order valence-electron chi connectivity index (χ2n) is 7.64. The quantitative estimate of drug-likeness (QED) is 0.270. The van der Waals surface area contributed by atoms with Gasteiger partial charge in [0, 0.05) is 23.3 Å². The van der Waals surface area contributed by atoms with Crippen molar-refractivity contribution in [3.8, 4) is 23.0 Å². The van der Waals surface area contributed by atoms with Crippen LogP contribution in [0.2, 0.25) is 0 Å². The van der Waals surface area contributed by atoms with Gasteiger partial charge in [-0.15, -0.1) is 0 Å². The first kappa shape index (κ1) is 27.5. The average Bonchev–Trinajstić information content (AvgIpc) is 2.81. The molecule has 2 aromatic carbocycles. The molecule has 0 aliphatic heterocycles. The van der Waals surface area contributed by atoms with E-state index in [2.05, 4.69) is 13.2 Å². The Morgan fingerprint density at radius 1 is 0.694 bits per heavy atom. The van der Waals surface area contributed by atoms with Gasteiger partial charge in [-0.1, -0.05) is 25.3 Å². The Balaban J connectivity index is 2.20. The van der Waals surface area contributed by atoms with Crippen LogP contribution >= 0.6 is 0 Å². The van der Waals surface area contributed by atoms with E-state index in [0.717, 1.165) is 0 Å². The molecule has 2 aromatic rings. The van der Waals surface area contributed by atoms with Crippen molar-refractivity contribution in [2.75, 3.05) is 0 Å². The molecule has 0 bridgehead atoms. The first-order valence-electron chi connectivity index (χ1n) is 10.7. The topological polar surface area (TPSA) is 105 Å². The van der Waals surface area contributed by atoms with Crippen LogP contribution < -0.4 is 18.9 Å². The van der Waals surface area contributed by atoms with Crippen molar-refractivity contribution in [2.45, 2.75) is 27.7 Å². The summed E-state index contributed by atoms with van der Waals surface area (Å²) in [5.41, 5.74) is 1.44. The third-order valence-electron chi connectivity index (χ3n) is 4.40. The van der Waals surface area contributed by atoms with Crippen LogP contribution in [-0.4, -0.2) is 23.9 Å². The van der Waals surface area contributed by atoms with Crippen LogP contribution in [0, 0.1) is 0 Å². The fourth-order valence-corrected chi connectivity index (χ4v) is 2.56. The minimum atomic E-state index is -0.678. The molecule has 0 unspecified atom stereocenters. The Kier molecular flexibility index (Phi) is 9.68. The number of esters is 4. The van der Waals surface area contributed by atoms with E-state index in [1.54, 1.807) is 19.9 Å². The van der Waals surface area contributed by atoms with Crippen LogP contribution in [0.15, 0.2) is 85.0 Å². The smallest absolute Gasteiger partial charge is 0.338 e. The SMILES string of the molecule is C=C(C)C(=O)Oc1ccc(OC(=O)/C=C(\C)c2ccc(OC(=O)C(=C)C)c(OC(=O)/C=C/C)c2)cc1. The van der Waals surface area contributed by atoms with Gasteiger partial charge in [-0.3, -0.25) is 0 Å². The molecule has 8 nitrogen and oxygen atoms in total. The summed E-state index contributed by atoms with van der Waals surface area (Å²) in [5.74, 6) is -2.04. The summed E-state index contributed by atoms with van der Waals surface area (Å²) in [6, 6.07) is 10.4. The van der Waals surface area contributed by atoms with E-state index >= 15 is 0 Å². The van der Waals surface area contributed by atoms with Gasteiger partial charge in [-0.05, 0) is 75.2 Å². The lowest BCUT2D eigenvalue weighted by atomic mass is 10.1. The lowest BCUT2D eigenvalue weighted by Gasteiger charge is -2.12. The zero-order valence-corrected chi connectivity index (χ0v) is 20.5. The van der Waals surface area contributed by atoms with Crippen LogP contribution in [0.1, 0.15) is 33.3 Å². The summed E-state index contributed by atoms with van der Waals surface area (Å²) in [4.78, 5) is 47.9. The highest BCUT2D eigenvalue weighted by molar-refractivity contribution is 5.93. The van der Waals surface area contributed by atoms with E-state index in [1.807, 2.05) is 0 Å². The molecule has 0 aromatic heterocycles. The fourth-order valence-electron chi connectivity index (χ4n) is 2.56. The van der Waals surface area contributed by atoms with Crippen LogP contribution in [-0.2, 0) is 19.2 Å². The molecule has 36 heavy (non-hydrogen) atoms. The molecule has 0 heterocycles. The third-order valence-corrected chi connectivity index (χ3v) is 4.40. The van der Waals surface area contributed by atoms with Crippen molar-refractivity contribution < 1.29 is 38.1 Å². The van der Waals surface area contributed by atoms with Crippen molar-refractivity contribution >= 4 is 29.5 Å². The van der Waals surface area contributed by atoms with Gasteiger partial charge in [-0.25, -0.2) is 19.2 Å². The van der Waals surface area contributed by atoms with E-state index < -0.39 is 23.9 Å². The Bertz CT molecular complexity index is 1260. The second kappa shape index (κ2) is 12.7. The summed E-state index contributed by atoms with van der Waals surface area (Å²) < 4.78 is 20.9. The van der Waals surface area contributed by atoms with Crippen molar-refractivity contribution in [1.29, 1.82) is 0 Å². The van der Waals surface area contributed by atoms with Gasteiger partial charge in [0.15, 0.2) is 11.5 Å². The molecule has 186 valence electrons. The monoisotopic (exact) mass is 490 g/mol. The highest BCUT2D eigenvalue weighted by Gasteiger charge is 2.15. The minimum absolute atomic E-state index is 0.00814. The Morgan fingerprint density at radius 3 is 1.81 bits per heavy atom. The molecule has 0 saturated carbocycles. The van der Waals surface area contributed by atoms with Crippen LogP contribution in [0.4, 0.5) is 0 Å². The zero-order chi connectivity index (χ0) is 26.8. The van der Waals surface area contributed by atoms with Gasteiger partial charge < -0.3 is 18.9 Å². The molecular weight excluding hydrogens is 464 g/mol. The van der Waals surface area contributed by atoms with Crippen molar-refractivity contribution in [3.05, 3.63) is 90.6 Å². The van der Waals surface area contributed by atoms with Crippen LogP contribution in [0.3, 0.4) is 0 Å². The third kappa shape index (κ3) is 8.25. The maximum absolute atomic E-state index is 12.4. The molecule has 0 aliphatic rings. The number of ether oxygens (including phenoxy) is 4. The lowest BCUT2D eigenvalue weighted by Crippen LogP contribution is -2.11. The molecule has 0 aliphatic carbocycles. The van der Waals surface area contributed by atoms with Gasteiger partial charge in [0.25, 0.3) is 0 Å². The number of carbonyl (C=O) groups excluding carboxylic acids is 4. The van der Waals surface area contributed by atoms with Gasteiger partial charge in [0.2, 0.25) is 0 Å². The standard InChI is InChI=1S/C28H26O8/c1-7-8-25(29)35-24-16-20(9-14-23(24)36-28(32)18(4)5)19(6)15-26(30)33-21-10-12-22(13-11-21)34-27(31)17(2)3/h7-16H,2,4H2,1,3,5-6H3/b8-7+,19-15+. The predicted molar refractivity (Wildman–Crippen MR) is 134 cm³/mol. The summed E-state index contributed by atoms with van der Waals surface area (Å²) in [6.07, 6.45) is 3.97. The van der Waals surface area contributed by atoms with Gasteiger partial charge >= 0.3 is 23.9 Å². The summed E-state index contributed by atoms with van der Waals surface area (Å²) in [6.45, 7) is 13.4. The van der Waals surface area contributed by atoms with Gasteiger partial charge in [0.1, 0.15) is 11.5 Å². The Hall–Kier alpha value is -4.72. The van der Waals surface area contributed by atoms with Crippen LogP contribution in [0.5, 0.6) is 23.0 Å². The lowest BCUT2D eigenvalue weighted by molar-refractivity contribution is -0.132. The first-order chi connectivity index (χ1) is 17.0. The van der Waals surface area contributed by atoms with Gasteiger partial charge in [-0.2, -0.15) is 0 Å². The van der Waals surface area contributed by atoms with Crippen LogP contribution in [0.25, 0.3) is 5.57 Å². The van der Waals surface area contributed by atoms with Crippen molar-refractivity contribution in [2.24, 2.45) is 0 Å². The van der Waals surface area contributed by atoms with E-state index in [-0.39, 0.29) is 34.1 Å². The molecule has 0 saturated heterocycles. The molecule has 0 fully saturated rings. The van der Waals surface area contributed by atoms with E-state index in [0.29, 0.717) is 11.1 Å².